The molecule has 0 aliphatic carbocycles. The predicted molar refractivity (Wildman–Crippen MR) is 83.7 cm³/mol. The minimum absolute atomic E-state index is 0.111. The van der Waals surface area contributed by atoms with Crippen LogP contribution < -0.4 is 15.4 Å². The van der Waals surface area contributed by atoms with Gasteiger partial charge in [0.15, 0.2) is 0 Å². The van der Waals surface area contributed by atoms with E-state index in [4.69, 9.17) is 11.6 Å². The first-order chi connectivity index (χ1) is 11.3. The number of amides is 2. The Morgan fingerprint density at radius 2 is 1.50 bits per heavy atom. The van der Waals surface area contributed by atoms with E-state index in [1.165, 1.54) is 18.2 Å². The largest absolute Gasteiger partial charge is 0.573 e. The minimum atomic E-state index is -4.79. The molecule has 0 fully saturated rings. The highest BCUT2D eigenvalue weighted by molar-refractivity contribution is 6.31. The zero-order valence-electron chi connectivity index (χ0n) is 12.4. The first-order valence-corrected chi connectivity index (χ1v) is 7.32. The number of benzene rings is 2. The van der Waals surface area contributed by atoms with Crippen LogP contribution in [0.1, 0.15) is 11.1 Å². The average molecular weight is 359 g/mol. The van der Waals surface area contributed by atoms with Crippen molar-refractivity contribution in [1.29, 1.82) is 0 Å². The monoisotopic (exact) mass is 358 g/mol. The molecule has 0 atom stereocenters. The molecule has 4 nitrogen and oxygen atoms in total. The fourth-order valence-electron chi connectivity index (χ4n) is 1.93. The molecule has 128 valence electrons. The van der Waals surface area contributed by atoms with Crippen LogP contribution in [0.3, 0.4) is 0 Å². The van der Waals surface area contributed by atoms with Crippen molar-refractivity contribution in [3.63, 3.8) is 0 Å². The van der Waals surface area contributed by atoms with E-state index < -0.39 is 12.4 Å². The molecule has 2 N–H and O–H groups in total. The molecule has 2 aromatic rings. The normalized spacial score (nSPS) is 11.0. The fourth-order valence-corrected chi connectivity index (χ4v) is 2.13. The van der Waals surface area contributed by atoms with Crippen LogP contribution in [0.2, 0.25) is 5.02 Å². The van der Waals surface area contributed by atoms with Crippen molar-refractivity contribution in [2.45, 2.75) is 19.5 Å². The number of urea groups is 1. The Labute approximate surface area is 141 Å². The van der Waals surface area contributed by atoms with Crippen LogP contribution in [0.15, 0.2) is 48.5 Å². The third-order valence-electron chi connectivity index (χ3n) is 3.03. The van der Waals surface area contributed by atoms with Gasteiger partial charge in [0.25, 0.3) is 0 Å². The number of halogens is 4. The number of hydrogen-bond acceptors (Lipinski definition) is 2. The van der Waals surface area contributed by atoms with Gasteiger partial charge >= 0.3 is 12.4 Å². The van der Waals surface area contributed by atoms with Gasteiger partial charge in [-0.25, -0.2) is 4.79 Å². The van der Waals surface area contributed by atoms with E-state index in [0.717, 1.165) is 5.56 Å². The van der Waals surface area contributed by atoms with Gasteiger partial charge in [-0.2, -0.15) is 0 Å². The van der Waals surface area contributed by atoms with Gasteiger partial charge in [0.1, 0.15) is 5.75 Å². The van der Waals surface area contributed by atoms with Crippen molar-refractivity contribution in [2.75, 3.05) is 0 Å². The van der Waals surface area contributed by atoms with Crippen molar-refractivity contribution in [3.05, 3.63) is 64.7 Å². The first kappa shape index (κ1) is 17.9. The van der Waals surface area contributed by atoms with Gasteiger partial charge in [-0.1, -0.05) is 48.0 Å². The standard InChI is InChI=1S/C16H14ClF3N2O2/c17-13-7-3-1-5-11(13)9-21-15(23)22-10-12-6-2-4-8-14(12)24-16(18,19)20/h1-8H,9-10H2,(H2,21,22,23). The Kier molecular flexibility index (Phi) is 5.92. The lowest BCUT2D eigenvalue weighted by Crippen LogP contribution is -2.34. The lowest BCUT2D eigenvalue weighted by Gasteiger charge is -2.14. The SMILES string of the molecule is O=C(NCc1ccccc1Cl)NCc1ccccc1OC(F)(F)F. The minimum Gasteiger partial charge on any atom is -0.405 e. The number of para-hydroxylation sites is 1. The second-order valence-corrected chi connectivity index (χ2v) is 5.19. The van der Waals surface area contributed by atoms with Gasteiger partial charge in [-0.05, 0) is 17.7 Å². The summed E-state index contributed by atoms with van der Waals surface area (Å²) in [5, 5.41) is 5.57. The van der Waals surface area contributed by atoms with Crippen LogP contribution in [0.4, 0.5) is 18.0 Å². The molecule has 0 saturated heterocycles. The Morgan fingerprint density at radius 1 is 0.958 bits per heavy atom. The summed E-state index contributed by atoms with van der Waals surface area (Å²) in [6, 6.07) is 12.1. The third-order valence-corrected chi connectivity index (χ3v) is 3.40. The molecule has 0 aliphatic heterocycles. The second-order valence-electron chi connectivity index (χ2n) is 4.78. The molecule has 0 aliphatic rings. The smallest absolute Gasteiger partial charge is 0.405 e. The fraction of sp³-hybridized carbons (Fsp3) is 0.188. The lowest BCUT2D eigenvalue weighted by atomic mass is 10.2. The number of rotatable bonds is 5. The van der Waals surface area contributed by atoms with Crippen LogP contribution in [0, 0.1) is 0 Å². The number of alkyl halides is 3. The molecule has 2 amide bonds. The van der Waals surface area contributed by atoms with E-state index >= 15 is 0 Å². The van der Waals surface area contributed by atoms with E-state index in [9.17, 15) is 18.0 Å². The van der Waals surface area contributed by atoms with Crippen molar-refractivity contribution >= 4 is 17.6 Å². The van der Waals surface area contributed by atoms with E-state index in [2.05, 4.69) is 15.4 Å². The molecule has 2 rings (SSSR count). The van der Waals surface area contributed by atoms with Gasteiger partial charge in [0, 0.05) is 23.7 Å². The van der Waals surface area contributed by atoms with E-state index in [-0.39, 0.29) is 24.4 Å². The van der Waals surface area contributed by atoms with Crippen molar-refractivity contribution in [1.82, 2.24) is 10.6 Å². The van der Waals surface area contributed by atoms with Crippen LogP contribution in [0.25, 0.3) is 0 Å². The quantitative estimate of drug-likeness (QED) is 0.840. The summed E-state index contributed by atoms with van der Waals surface area (Å²) < 4.78 is 40.9. The van der Waals surface area contributed by atoms with E-state index in [1.54, 1.807) is 30.3 Å². The third kappa shape index (κ3) is 5.66. The topological polar surface area (TPSA) is 50.4 Å². The Morgan fingerprint density at radius 3 is 2.12 bits per heavy atom. The van der Waals surface area contributed by atoms with Gasteiger partial charge < -0.3 is 15.4 Å². The summed E-state index contributed by atoms with van der Waals surface area (Å²) in [7, 11) is 0. The highest BCUT2D eigenvalue weighted by Crippen LogP contribution is 2.26. The van der Waals surface area contributed by atoms with Crippen molar-refractivity contribution in [2.24, 2.45) is 0 Å². The summed E-state index contributed by atoms with van der Waals surface area (Å²) in [5.41, 5.74) is 0.942. The van der Waals surface area contributed by atoms with E-state index in [1.807, 2.05) is 0 Å². The molecular weight excluding hydrogens is 345 g/mol. The molecule has 0 aromatic heterocycles. The molecule has 0 spiro atoms. The highest BCUT2D eigenvalue weighted by atomic mass is 35.5. The van der Waals surface area contributed by atoms with Gasteiger partial charge in [0.05, 0.1) is 0 Å². The maximum atomic E-state index is 12.3. The summed E-state index contributed by atoms with van der Waals surface area (Å²) in [4.78, 5) is 11.8. The molecular formula is C16H14ClF3N2O2. The highest BCUT2D eigenvalue weighted by Gasteiger charge is 2.31. The van der Waals surface area contributed by atoms with Gasteiger partial charge in [-0.15, -0.1) is 13.2 Å². The van der Waals surface area contributed by atoms with Crippen molar-refractivity contribution in [3.8, 4) is 5.75 Å². The lowest BCUT2D eigenvalue weighted by molar-refractivity contribution is -0.274. The average Bonchev–Trinajstić information content (AvgIpc) is 2.52. The molecule has 24 heavy (non-hydrogen) atoms. The second kappa shape index (κ2) is 7.92. The molecule has 8 heteroatoms. The maximum Gasteiger partial charge on any atom is 0.573 e. The van der Waals surface area contributed by atoms with Crippen LogP contribution in [-0.2, 0) is 13.1 Å². The van der Waals surface area contributed by atoms with Crippen LogP contribution >= 0.6 is 11.6 Å². The molecule has 0 heterocycles. The number of carbonyl (C=O) groups is 1. The van der Waals surface area contributed by atoms with Crippen LogP contribution in [0.5, 0.6) is 5.75 Å². The zero-order valence-corrected chi connectivity index (χ0v) is 13.1. The number of carbonyl (C=O) groups excluding carboxylic acids is 1. The molecule has 0 bridgehead atoms. The molecule has 0 radical (unpaired) electrons. The summed E-state index contributed by atoms with van der Waals surface area (Å²) in [6.07, 6.45) is -4.79. The molecule has 0 unspecified atom stereocenters. The first-order valence-electron chi connectivity index (χ1n) is 6.94. The summed E-state index contributed by atoms with van der Waals surface area (Å²) in [5.74, 6) is -0.351. The van der Waals surface area contributed by atoms with E-state index in [0.29, 0.717) is 5.02 Å². The van der Waals surface area contributed by atoms with Crippen molar-refractivity contribution < 1.29 is 22.7 Å². The van der Waals surface area contributed by atoms with Gasteiger partial charge in [0.2, 0.25) is 0 Å². The molecule has 2 aromatic carbocycles. The predicted octanol–water partition coefficient (Wildman–Crippen LogP) is 4.24. The Balaban J connectivity index is 1.89. The number of nitrogens with one attached hydrogen (secondary N) is 2. The maximum absolute atomic E-state index is 12.3. The van der Waals surface area contributed by atoms with Gasteiger partial charge in [-0.3, -0.25) is 0 Å². The Bertz CT molecular complexity index is 708. The zero-order chi connectivity index (χ0) is 17.6. The van der Waals surface area contributed by atoms with Crippen LogP contribution in [-0.4, -0.2) is 12.4 Å². The summed E-state index contributed by atoms with van der Waals surface area (Å²) >= 11 is 5.97. The number of hydrogen-bond donors (Lipinski definition) is 2. The Hall–Kier alpha value is -2.41. The summed E-state index contributed by atoms with van der Waals surface area (Å²) in [6.45, 7) is 0.0901. The molecule has 0 saturated carbocycles. The number of ether oxygens (including phenoxy) is 1.